The predicted molar refractivity (Wildman–Crippen MR) is 86.6 cm³/mol. The predicted octanol–water partition coefficient (Wildman–Crippen LogP) is 2.92. The first-order valence-corrected chi connectivity index (χ1v) is 8.10. The van der Waals surface area contributed by atoms with Crippen LogP contribution in [0.4, 0.5) is 5.95 Å². The molecule has 7 heteroatoms. The normalized spacial score (nSPS) is 19.4. The molecule has 3 N–H and O–H groups in total. The molecule has 0 saturated carbocycles. The molecule has 2 aromatic rings. The second-order valence-corrected chi connectivity index (χ2v) is 6.82. The number of benzene rings is 1. The molecular formula is C13H15Br2N5. The number of nitrogens with one attached hydrogen (secondary N) is 1. The number of hydrogen-bond acceptors (Lipinski definition) is 4. The number of piperidine rings is 1. The van der Waals surface area contributed by atoms with E-state index < -0.39 is 0 Å². The van der Waals surface area contributed by atoms with Crippen LogP contribution in [0.15, 0.2) is 27.1 Å². The summed E-state index contributed by atoms with van der Waals surface area (Å²) in [5.74, 6) is 1.49. The average Bonchev–Trinajstić information content (AvgIpc) is 2.87. The molecule has 1 atom stereocenters. The van der Waals surface area contributed by atoms with E-state index in [1.165, 1.54) is 0 Å². The van der Waals surface area contributed by atoms with E-state index in [-0.39, 0.29) is 6.04 Å². The molecule has 0 aliphatic carbocycles. The number of halogens is 2. The standard InChI is InChI=1S/C13H15Br2N5/c14-9-4-8(5-10(15)6-9)12-17-13(19-18-12)20-3-1-2-11(16)7-20/h4-6,11H,1-3,7,16H2,(H,17,18,19). The fourth-order valence-electron chi connectivity index (χ4n) is 2.41. The summed E-state index contributed by atoms with van der Waals surface area (Å²) in [7, 11) is 0. The van der Waals surface area contributed by atoms with Crippen LogP contribution in [-0.4, -0.2) is 34.3 Å². The van der Waals surface area contributed by atoms with Crippen LogP contribution in [0.2, 0.25) is 0 Å². The first-order valence-electron chi connectivity index (χ1n) is 6.51. The third-order valence-electron chi connectivity index (χ3n) is 3.35. The molecule has 0 bridgehead atoms. The van der Waals surface area contributed by atoms with Crippen molar-refractivity contribution in [3.05, 3.63) is 27.1 Å². The van der Waals surface area contributed by atoms with E-state index in [4.69, 9.17) is 5.73 Å². The van der Waals surface area contributed by atoms with Crippen molar-refractivity contribution in [1.82, 2.24) is 15.2 Å². The highest BCUT2D eigenvalue weighted by Gasteiger charge is 2.20. The van der Waals surface area contributed by atoms with Gasteiger partial charge in [-0.05, 0) is 31.0 Å². The Morgan fingerprint density at radius 1 is 1.25 bits per heavy atom. The quantitative estimate of drug-likeness (QED) is 0.812. The van der Waals surface area contributed by atoms with Crippen LogP contribution in [0.3, 0.4) is 0 Å². The molecule has 3 rings (SSSR count). The lowest BCUT2D eigenvalue weighted by Gasteiger charge is -2.29. The summed E-state index contributed by atoms with van der Waals surface area (Å²) in [6.45, 7) is 1.78. The highest BCUT2D eigenvalue weighted by atomic mass is 79.9. The van der Waals surface area contributed by atoms with Crippen molar-refractivity contribution < 1.29 is 0 Å². The van der Waals surface area contributed by atoms with Crippen molar-refractivity contribution in [3.8, 4) is 11.4 Å². The molecule has 0 spiro atoms. The lowest BCUT2D eigenvalue weighted by Crippen LogP contribution is -2.43. The first-order chi connectivity index (χ1) is 9.61. The monoisotopic (exact) mass is 399 g/mol. The largest absolute Gasteiger partial charge is 0.338 e. The molecule has 5 nitrogen and oxygen atoms in total. The molecule has 1 aliphatic heterocycles. The lowest BCUT2D eigenvalue weighted by molar-refractivity contribution is 0.500. The molecule has 20 heavy (non-hydrogen) atoms. The Morgan fingerprint density at radius 2 is 2.00 bits per heavy atom. The lowest BCUT2D eigenvalue weighted by atomic mass is 10.1. The van der Waals surface area contributed by atoms with Gasteiger partial charge in [-0.15, -0.1) is 5.10 Å². The Hall–Kier alpha value is -0.920. The van der Waals surface area contributed by atoms with Gasteiger partial charge in [0.25, 0.3) is 0 Å². The number of nitrogens with two attached hydrogens (primary N) is 1. The Balaban J connectivity index is 1.86. The van der Waals surface area contributed by atoms with Crippen molar-refractivity contribution in [3.63, 3.8) is 0 Å². The minimum absolute atomic E-state index is 0.214. The van der Waals surface area contributed by atoms with Gasteiger partial charge in [0, 0.05) is 33.6 Å². The second kappa shape index (κ2) is 5.83. The third-order valence-corrected chi connectivity index (χ3v) is 4.27. The van der Waals surface area contributed by atoms with Crippen LogP contribution in [0.25, 0.3) is 11.4 Å². The van der Waals surface area contributed by atoms with Crippen molar-refractivity contribution in [2.24, 2.45) is 5.73 Å². The summed E-state index contributed by atoms with van der Waals surface area (Å²) in [5, 5.41) is 7.32. The smallest absolute Gasteiger partial charge is 0.245 e. The molecular weight excluding hydrogens is 386 g/mol. The fourth-order valence-corrected chi connectivity index (χ4v) is 3.70. The Morgan fingerprint density at radius 3 is 2.70 bits per heavy atom. The molecule has 106 valence electrons. The summed E-state index contributed by atoms with van der Waals surface area (Å²) in [6, 6.07) is 6.23. The van der Waals surface area contributed by atoms with Gasteiger partial charge in [-0.1, -0.05) is 31.9 Å². The van der Waals surface area contributed by atoms with Gasteiger partial charge in [0.2, 0.25) is 5.95 Å². The molecule has 1 aliphatic rings. The molecule has 1 fully saturated rings. The van der Waals surface area contributed by atoms with Crippen molar-refractivity contribution in [2.75, 3.05) is 18.0 Å². The van der Waals surface area contributed by atoms with E-state index in [1.54, 1.807) is 0 Å². The van der Waals surface area contributed by atoms with E-state index in [1.807, 2.05) is 18.2 Å². The van der Waals surface area contributed by atoms with E-state index in [9.17, 15) is 0 Å². The summed E-state index contributed by atoms with van der Waals surface area (Å²) < 4.78 is 2.00. The Labute approximate surface area is 134 Å². The number of nitrogens with zero attached hydrogens (tertiary/aromatic N) is 3. The molecule has 1 unspecified atom stereocenters. The number of hydrogen-bond donors (Lipinski definition) is 2. The maximum absolute atomic E-state index is 6.00. The molecule has 1 aromatic heterocycles. The molecule has 1 saturated heterocycles. The summed E-state index contributed by atoms with van der Waals surface area (Å²) in [5.41, 5.74) is 6.99. The van der Waals surface area contributed by atoms with Gasteiger partial charge >= 0.3 is 0 Å². The van der Waals surface area contributed by atoms with Crippen LogP contribution in [-0.2, 0) is 0 Å². The van der Waals surface area contributed by atoms with Gasteiger partial charge in [0.05, 0.1) is 0 Å². The zero-order valence-electron chi connectivity index (χ0n) is 10.8. The van der Waals surface area contributed by atoms with Crippen LogP contribution in [0.1, 0.15) is 12.8 Å². The summed E-state index contributed by atoms with van der Waals surface area (Å²) >= 11 is 6.97. The van der Waals surface area contributed by atoms with Crippen molar-refractivity contribution >= 4 is 37.8 Å². The minimum Gasteiger partial charge on any atom is -0.338 e. The number of H-pyrrole nitrogens is 1. The second-order valence-electron chi connectivity index (χ2n) is 4.99. The first kappa shape index (κ1) is 14.0. The van der Waals surface area contributed by atoms with Gasteiger partial charge in [0.15, 0.2) is 5.82 Å². The van der Waals surface area contributed by atoms with E-state index in [2.05, 4.69) is 51.9 Å². The highest BCUT2D eigenvalue weighted by Crippen LogP contribution is 2.26. The zero-order chi connectivity index (χ0) is 14.1. The zero-order valence-corrected chi connectivity index (χ0v) is 14.0. The van der Waals surface area contributed by atoms with Crippen molar-refractivity contribution in [2.45, 2.75) is 18.9 Å². The molecule has 2 heterocycles. The van der Waals surface area contributed by atoms with Crippen LogP contribution < -0.4 is 10.6 Å². The van der Waals surface area contributed by atoms with Crippen LogP contribution in [0, 0.1) is 0 Å². The van der Waals surface area contributed by atoms with Gasteiger partial charge in [-0.2, -0.15) is 4.98 Å². The van der Waals surface area contributed by atoms with Gasteiger partial charge in [-0.3, -0.25) is 5.10 Å². The van der Waals surface area contributed by atoms with E-state index in [0.29, 0.717) is 0 Å². The van der Waals surface area contributed by atoms with Crippen LogP contribution >= 0.6 is 31.9 Å². The van der Waals surface area contributed by atoms with Gasteiger partial charge in [-0.25, -0.2) is 0 Å². The third kappa shape index (κ3) is 3.05. The average molecular weight is 401 g/mol. The Kier molecular flexibility index (Phi) is 4.09. The van der Waals surface area contributed by atoms with Crippen molar-refractivity contribution in [1.29, 1.82) is 0 Å². The number of aromatic nitrogens is 3. The van der Waals surface area contributed by atoms with Crippen LogP contribution in [0.5, 0.6) is 0 Å². The van der Waals surface area contributed by atoms with Gasteiger partial charge < -0.3 is 10.6 Å². The maximum Gasteiger partial charge on any atom is 0.245 e. The van der Waals surface area contributed by atoms with E-state index in [0.717, 1.165) is 52.2 Å². The summed E-state index contributed by atoms with van der Waals surface area (Å²) in [4.78, 5) is 6.72. The highest BCUT2D eigenvalue weighted by molar-refractivity contribution is 9.11. The maximum atomic E-state index is 6.00. The molecule has 1 aromatic carbocycles. The number of rotatable bonds is 2. The minimum atomic E-state index is 0.214. The topological polar surface area (TPSA) is 70.8 Å². The fraction of sp³-hybridized carbons (Fsp3) is 0.385. The molecule has 0 amide bonds. The van der Waals surface area contributed by atoms with Gasteiger partial charge in [0.1, 0.15) is 0 Å². The number of anilines is 1. The molecule has 0 radical (unpaired) electrons. The number of aromatic amines is 1. The SMILES string of the molecule is NC1CCCN(c2n[nH]c(-c3cc(Br)cc(Br)c3)n2)C1. The van der Waals surface area contributed by atoms with E-state index >= 15 is 0 Å². The Bertz CT molecular complexity index is 592. The summed E-state index contributed by atoms with van der Waals surface area (Å²) in [6.07, 6.45) is 2.17.